The largest absolute Gasteiger partial charge is 0.340 e. The molecule has 4 aromatic rings. The van der Waals surface area contributed by atoms with Gasteiger partial charge in [-0.2, -0.15) is 0 Å². The summed E-state index contributed by atoms with van der Waals surface area (Å²) in [5.74, 6) is 1.88. The minimum Gasteiger partial charge on any atom is -0.340 e. The Morgan fingerprint density at radius 3 is 2.03 bits per heavy atom. The zero-order valence-electron chi connectivity index (χ0n) is 18.5. The second-order valence-corrected chi connectivity index (χ2v) is 9.37. The first-order valence-corrected chi connectivity index (χ1v) is 11.8. The van der Waals surface area contributed by atoms with E-state index in [-0.39, 0.29) is 4.90 Å². The van der Waals surface area contributed by atoms with Crippen LogP contribution in [0.3, 0.4) is 0 Å². The molecule has 0 unspecified atom stereocenters. The molecule has 4 rings (SSSR count). The molecule has 0 amide bonds. The van der Waals surface area contributed by atoms with Crippen LogP contribution in [0.1, 0.15) is 16.7 Å². The molecule has 9 heteroatoms. The number of hydrogen-bond donors (Lipinski definition) is 3. The van der Waals surface area contributed by atoms with Crippen molar-refractivity contribution >= 4 is 38.9 Å². The van der Waals surface area contributed by atoms with Gasteiger partial charge in [-0.25, -0.2) is 23.4 Å². The van der Waals surface area contributed by atoms with Crippen molar-refractivity contribution in [3.63, 3.8) is 0 Å². The number of pyridine rings is 1. The van der Waals surface area contributed by atoms with Gasteiger partial charge in [-0.15, -0.1) is 0 Å². The van der Waals surface area contributed by atoms with Gasteiger partial charge in [0.05, 0.1) is 4.90 Å². The first-order valence-electron chi connectivity index (χ1n) is 10.3. The number of sulfonamides is 1. The molecular formula is C24H24N6O2S. The van der Waals surface area contributed by atoms with Crippen LogP contribution in [0.4, 0.5) is 28.8 Å². The molecule has 0 aliphatic carbocycles. The summed E-state index contributed by atoms with van der Waals surface area (Å²) >= 11 is 0. The monoisotopic (exact) mass is 460 g/mol. The van der Waals surface area contributed by atoms with E-state index >= 15 is 0 Å². The lowest BCUT2D eigenvalue weighted by atomic mass is 10.1. The number of aromatic nitrogens is 3. The Morgan fingerprint density at radius 2 is 1.33 bits per heavy atom. The highest BCUT2D eigenvalue weighted by atomic mass is 32.2. The highest BCUT2D eigenvalue weighted by Crippen LogP contribution is 2.23. The van der Waals surface area contributed by atoms with Crippen LogP contribution >= 0.6 is 0 Å². The molecule has 8 nitrogen and oxygen atoms in total. The molecule has 0 atom stereocenters. The Kier molecular flexibility index (Phi) is 6.23. The molecule has 0 saturated heterocycles. The molecule has 2 heterocycles. The third-order valence-electron chi connectivity index (χ3n) is 5.04. The third kappa shape index (κ3) is 5.64. The quantitative estimate of drug-likeness (QED) is 0.353. The summed E-state index contributed by atoms with van der Waals surface area (Å²) in [6, 6.07) is 17.6. The Morgan fingerprint density at radius 1 is 0.667 bits per heavy atom. The summed E-state index contributed by atoms with van der Waals surface area (Å²) in [4.78, 5) is 13.0. The number of anilines is 5. The zero-order valence-corrected chi connectivity index (χ0v) is 19.3. The number of nitrogens with zero attached hydrogens (tertiary/aromatic N) is 3. The maximum Gasteiger partial charge on any atom is 0.261 e. The van der Waals surface area contributed by atoms with Gasteiger partial charge >= 0.3 is 0 Å². The lowest BCUT2D eigenvalue weighted by Crippen LogP contribution is -2.13. The van der Waals surface area contributed by atoms with E-state index in [1.807, 2.05) is 32.9 Å². The van der Waals surface area contributed by atoms with Gasteiger partial charge in [-0.1, -0.05) is 6.07 Å². The van der Waals surface area contributed by atoms with Crippen molar-refractivity contribution in [2.75, 3.05) is 15.4 Å². The summed E-state index contributed by atoms with van der Waals surface area (Å²) in [5.41, 5.74) is 4.28. The third-order valence-corrected chi connectivity index (χ3v) is 6.42. The van der Waals surface area contributed by atoms with Crippen LogP contribution in [0.15, 0.2) is 78.1 Å². The topological polar surface area (TPSA) is 109 Å². The summed E-state index contributed by atoms with van der Waals surface area (Å²) in [5, 5.41) is 6.34. The Hall–Kier alpha value is -3.98. The molecule has 3 N–H and O–H groups in total. The Bertz CT molecular complexity index is 1390. The summed E-state index contributed by atoms with van der Waals surface area (Å²) < 4.78 is 28.0. The minimum atomic E-state index is -3.67. The first-order chi connectivity index (χ1) is 15.8. The van der Waals surface area contributed by atoms with Gasteiger partial charge < -0.3 is 10.6 Å². The normalized spacial score (nSPS) is 11.1. The van der Waals surface area contributed by atoms with E-state index in [0.29, 0.717) is 23.1 Å². The van der Waals surface area contributed by atoms with Crippen LogP contribution in [-0.2, 0) is 10.0 Å². The molecule has 0 radical (unpaired) electrons. The van der Waals surface area contributed by atoms with Gasteiger partial charge in [0.2, 0.25) is 0 Å². The SMILES string of the molecule is Cc1ccnc(Nc2cc(Nc3ccc(NS(=O)(=O)c4ccc(C)c(C)c4)cc3)ncn2)c1. The van der Waals surface area contributed by atoms with E-state index in [9.17, 15) is 8.42 Å². The van der Waals surface area contributed by atoms with Crippen LogP contribution < -0.4 is 15.4 Å². The minimum absolute atomic E-state index is 0.233. The van der Waals surface area contributed by atoms with Gasteiger partial charge in [-0.05, 0) is 86.0 Å². The molecule has 33 heavy (non-hydrogen) atoms. The van der Waals surface area contributed by atoms with E-state index in [4.69, 9.17) is 0 Å². The molecule has 0 spiro atoms. The van der Waals surface area contributed by atoms with E-state index in [1.165, 1.54) is 6.33 Å². The summed E-state index contributed by atoms with van der Waals surface area (Å²) in [7, 11) is -3.67. The average Bonchev–Trinajstić information content (AvgIpc) is 2.77. The molecule has 168 valence electrons. The van der Waals surface area contributed by atoms with Crippen molar-refractivity contribution in [1.29, 1.82) is 0 Å². The number of aryl methyl sites for hydroxylation is 3. The van der Waals surface area contributed by atoms with Crippen LogP contribution in [0.2, 0.25) is 0 Å². The lowest BCUT2D eigenvalue weighted by Gasteiger charge is -2.11. The molecule has 0 aliphatic heterocycles. The predicted octanol–water partition coefficient (Wildman–Crippen LogP) is 5.08. The second-order valence-electron chi connectivity index (χ2n) is 7.69. The number of hydrogen-bond acceptors (Lipinski definition) is 7. The molecule has 0 fully saturated rings. The van der Waals surface area contributed by atoms with Crippen LogP contribution in [0.25, 0.3) is 0 Å². The van der Waals surface area contributed by atoms with Crippen LogP contribution in [-0.4, -0.2) is 23.4 Å². The number of benzene rings is 2. The van der Waals surface area contributed by atoms with Gasteiger partial charge in [0.15, 0.2) is 0 Å². The van der Waals surface area contributed by atoms with Crippen molar-refractivity contribution in [3.8, 4) is 0 Å². The number of rotatable bonds is 7. The fourth-order valence-electron chi connectivity index (χ4n) is 3.09. The zero-order chi connectivity index (χ0) is 23.4. The van der Waals surface area contributed by atoms with Crippen LogP contribution in [0.5, 0.6) is 0 Å². The van der Waals surface area contributed by atoms with E-state index < -0.39 is 10.0 Å². The number of nitrogens with one attached hydrogen (secondary N) is 3. The van der Waals surface area contributed by atoms with Crippen molar-refractivity contribution in [2.45, 2.75) is 25.7 Å². The summed E-state index contributed by atoms with van der Waals surface area (Å²) in [6.45, 7) is 5.83. The van der Waals surface area contributed by atoms with E-state index in [0.717, 1.165) is 22.4 Å². The highest BCUT2D eigenvalue weighted by Gasteiger charge is 2.15. The fourth-order valence-corrected chi connectivity index (χ4v) is 4.24. The van der Waals surface area contributed by atoms with Gasteiger partial charge in [0.25, 0.3) is 10.0 Å². The van der Waals surface area contributed by atoms with Crippen molar-refractivity contribution in [1.82, 2.24) is 15.0 Å². The van der Waals surface area contributed by atoms with Gasteiger partial charge in [-0.3, -0.25) is 4.72 Å². The molecule has 2 aromatic carbocycles. The maximum atomic E-state index is 12.7. The summed E-state index contributed by atoms with van der Waals surface area (Å²) in [6.07, 6.45) is 3.18. The van der Waals surface area contributed by atoms with Crippen LogP contribution in [0, 0.1) is 20.8 Å². The predicted molar refractivity (Wildman–Crippen MR) is 131 cm³/mol. The standard InChI is InChI=1S/C24H24N6O2S/c1-16-10-11-25-22(12-16)29-24-14-23(26-15-27-24)28-19-5-7-20(8-6-19)30-33(31,32)21-9-4-17(2)18(3)13-21/h4-15,30H,1-3H3,(H2,25,26,27,28,29). The van der Waals surface area contributed by atoms with Crippen molar-refractivity contribution < 1.29 is 8.42 Å². The Balaban J connectivity index is 1.44. The van der Waals surface area contributed by atoms with Gasteiger partial charge in [0.1, 0.15) is 23.8 Å². The Labute approximate surface area is 193 Å². The molecule has 0 bridgehead atoms. The van der Waals surface area contributed by atoms with Crippen molar-refractivity contribution in [3.05, 3.63) is 89.9 Å². The molecule has 2 aromatic heterocycles. The second kappa shape index (κ2) is 9.25. The maximum absolute atomic E-state index is 12.7. The smallest absolute Gasteiger partial charge is 0.261 e. The highest BCUT2D eigenvalue weighted by molar-refractivity contribution is 7.92. The lowest BCUT2D eigenvalue weighted by molar-refractivity contribution is 0.601. The van der Waals surface area contributed by atoms with Gasteiger partial charge in [0, 0.05) is 23.6 Å². The van der Waals surface area contributed by atoms with E-state index in [2.05, 4.69) is 30.3 Å². The molecular weight excluding hydrogens is 436 g/mol. The fraction of sp³-hybridized carbons (Fsp3) is 0.125. The van der Waals surface area contributed by atoms with Crippen molar-refractivity contribution in [2.24, 2.45) is 0 Å². The average molecular weight is 461 g/mol. The van der Waals surface area contributed by atoms with E-state index in [1.54, 1.807) is 54.7 Å². The molecule has 0 aliphatic rings. The molecule has 0 saturated carbocycles. The first kappa shape index (κ1) is 22.2.